The Morgan fingerprint density at radius 3 is 2.70 bits per heavy atom. The Morgan fingerprint density at radius 2 is 2.30 bits per heavy atom. The van der Waals surface area contributed by atoms with E-state index >= 15 is 0 Å². The van der Waals surface area contributed by atoms with Crippen LogP contribution in [0.3, 0.4) is 0 Å². The largest absolute Gasteiger partial charge is 0.364 e. The van der Waals surface area contributed by atoms with Crippen molar-refractivity contribution in [1.29, 1.82) is 0 Å². The van der Waals surface area contributed by atoms with Crippen LogP contribution in [0.5, 0.6) is 0 Å². The van der Waals surface area contributed by atoms with Gasteiger partial charge in [-0.3, -0.25) is 0 Å². The van der Waals surface area contributed by atoms with Crippen LogP contribution in [0.25, 0.3) is 0 Å². The van der Waals surface area contributed by atoms with Gasteiger partial charge in [0.25, 0.3) is 0 Å². The van der Waals surface area contributed by atoms with Crippen LogP contribution in [0.1, 0.15) is 27.2 Å². The monoisotopic (exact) mass is 143 g/mol. The van der Waals surface area contributed by atoms with E-state index in [1.165, 1.54) is 0 Å². The molecule has 1 atom stereocenters. The summed E-state index contributed by atoms with van der Waals surface area (Å²) in [6.45, 7) is 5.98. The molecule has 1 rings (SSSR count). The SMILES string of the molecule is CC(C)(C)OC1CC=NO1. The third-order valence-corrected chi connectivity index (χ3v) is 1.04. The third-order valence-electron chi connectivity index (χ3n) is 1.04. The van der Waals surface area contributed by atoms with E-state index in [9.17, 15) is 0 Å². The molecule has 0 fully saturated rings. The molecule has 0 radical (unpaired) electrons. The van der Waals surface area contributed by atoms with Crippen LogP contribution in [-0.2, 0) is 9.57 Å². The zero-order valence-corrected chi connectivity index (χ0v) is 6.63. The van der Waals surface area contributed by atoms with Gasteiger partial charge >= 0.3 is 0 Å². The minimum Gasteiger partial charge on any atom is -0.364 e. The van der Waals surface area contributed by atoms with Crippen LogP contribution in [0, 0.1) is 0 Å². The van der Waals surface area contributed by atoms with Gasteiger partial charge in [0.1, 0.15) is 0 Å². The maximum Gasteiger partial charge on any atom is 0.232 e. The molecule has 0 bridgehead atoms. The number of rotatable bonds is 1. The Kier molecular flexibility index (Phi) is 1.94. The first-order valence-electron chi connectivity index (χ1n) is 3.43. The highest BCUT2D eigenvalue weighted by Crippen LogP contribution is 2.15. The van der Waals surface area contributed by atoms with E-state index in [4.69, 9.17) is 9.57 Å². The average molecular weight is 143 g/mol. The first-order chi connectivity index (χ1) is 4.58. The molecule has 0 saturated heterocycles. The molecular formula is C7H13NO2. The summed E-state index contributed by atoms with van der Waals surface area (Å²) in [5.74, 6) is 0. The Labute approximate surface area is 61.0 Å². The predicted molar refractivity (Wildman–Crippen MR) is 38.8 cm³/mol. The second kappa shape index (κ2) is 2.58. The van der Waals surface area contributed by atoms with Crippen LogP contribution >= 0.6 is 0 Å². The zero-order valence-electron chi connectivity index (χ0n) is 6.63. The molecule has 0 saturated carbocycles. The molecule has 58 valence electrons. The highest BCUT2D eigenvalue weighted by Gasteiger charge is 2.21. The van der Waals surface area contributed by atoms with E-state index in [0.717, 1.165) is 6.42 Å². The standard InChI is InChI=1S/C7H13NO2/c1-7(2,3)9-6-4-5-8-10-6/h5-6H,4H2,1-3H3. The van der Waals surface area contributed by atoms with Gasteiger partial charge in [-0.15, -0.1) is 0 Å². The number of nitrogens with zero attached hydrogens (tertiary/aromatic N) is 1. The normalized spacial score (nSPS) is 24.9. The van der Waals surface area contributed by atoms with Crippen LogP contribution in [0.2, 0.25) is 0 Å². The van der Waals surface area contributed by atoms with Crippen molar-refractivity contribution in [3.63, 3.8) is 0 Å². The number of hydrogen-bond acceptors (Lipinski definition) is 3. The fourth-order valence-electron chi connectivity index (χ4n) is 0.747. The van der Waals surface area contributed by atoms with Gasteiger partial charge in [-0.2, -0.15) is 0 Å². The van der Waals surface area contributed by atoms with Gasteiger partial charge < -0.3 is 9.57 Å². The summed E-state index contributed by atoms with van der Waals surface area (Å²) < 4.78 is 5.45. The summed E-state index contributed by atoms with van der Waals surface area (Å²) in [7, 11) is 0. The minimum atomic E-state index is -0.167. The molecule has 0 N–H and O–H groups in total. The number of oxime groups is 1. The lowest BCUT2D eigenvalue weighted by molar-refractivity contribution is -0.181. The molecule has 1 aliphatic rings. The van der Waals surface area contributed by atoms with Gasteiger partial charge in [-0.1, -0.05) is 5.16 Å². The Bertz CT molecular complexity index is 129. The average Bonchev–Trinajstić information content (AvgIpc) is 2.12. The fraction of sp³-hybridized carbons (Fsp3) is 0.857. The van der Waals surface area contributed by atoms with Gasteiger partial charge in [-0.25, -0.2) is 0 Å². The molecule has 3 nitrogen and oxygen atoms in total. The van der Waals surface area contributed by atoms with Crippen LogP contribution < -0.4 is 0 Å². The molecule has 3 heteroatoms. The van der Waals surface area contributed by atoms with Gasteiger partial charge in [0.2, 0.25) is 6.29 Å². The molecule has 1 aliphatic heterocycles. The molecule has 0 aromatic rings. The van der Waals surface area contributed by atoms with E-state index in [1.54, 1.807) is 6.21 Å². The van der Waals surface area contributed by atoms with Crippen molar-refractivity contribution in [1.82, 2.24) is 0 Å². The van der Waals surface area contributed by atoms with Crippen molar-refractivity contribution in [3.05, 3.63) is 0 Å². The van der Waals surface area contributed by atoms with E-state index in [2.05, 4.69) is 5.16 Å². The van der Waals surface area contributed by atoms with E-state index < -0.39 is 0 Å². The van der Waals surface area contributed by atoms with Gasteiger partial charge in [0.05, 0.1) is 18.2 Å². The number of ether oxygens (including phenoxy) is 1. The maximum atomic E-state index is 5.45. The number of hydrogen-bond donors (Lipinski definition) is 0. The predicted octanol–water partition coefficient (Wildman–Crippen LogP) is 1.53. The molecule has 0 amide bonds. The lowest BCUT2D eigenvalue weighted by atomic mass is 10.2. The molecule has 10 heavy (non-hydrogen) atoms. The smallest absolute Gasteiger partial charge is 0.232 e. The summed E-state index contributed by atoms with van der Waals surface area (Å²) >= 11 is 0. The summed E-state index contributed by atoms with van der Waals surface area (Å²) in [6, 6.07) is 0. The summed E-state index contributed by atoms with van der Waals surface area (Å²) in [5.41, 5.74) is -0.141. The van der Waals surface area contributed by atoms with Crippen LogP contribution in [-0.4, -0.2) is 18.1 Å². The lowest BCUT2D eigenvalue weighted by Crippen LogP contribution is -2.26. The van der Waals surface area contributed by atoms with Crippen LogP contribution in [0.15, 0.2) is 5.16 Å². The highest BCUT2D eigenvalue weighted by molar-refractivity contribution is 5.58. The molecule has 1 heterocycles. The Hall–Kier alpha value is -0.570. The quantitative estimate of drug-likeness (QED) is 0.557. The summed E-state index contributed by atoms with van der Waals surface area (Å²) in [5, 5.41) is 3.60. The van der Waals surface area contributed by atoms with E-state index in [1.807, 2.05) is 20.8 Å². The zero-order chi connectivity index (χ0) is 7.61. The summed E-state index contributed by atoms with van der Waals surface area (Å²) in [6.07, 6.45) is 2.31. The fourth-order valence-corrected chi connectivity index (χ4v) is 0.747. The third kappa shape index (κ3) is 2.35. The van der Waals surface area contributed by atoms with Gasteiger partial charge in [-0.05, 0) is 20.8 Å². The maximum absolute atomic E-state index is 5.45. The molecule has 0 spiro atoms. The first kappa shape index (κ1) is 7.54. The molecule has 0 aliphatic carbocycles. The van der Waals surface area contributed by atoms with Crippen LogP contribution in [0.4, 0.5) is 0 Å². The Balaban J connectivity index is 2.26. The summed E-state index contributed by atoms with van der Waals surface area (Å²) in [4.78, 5) is 4.88. The molecular weight excluding hydrogens is 130 g/mol. The van der Waals surface area contributed by atoms with Gasteiger partial charge in [0.15, 0.2) is 0 Å². The van der Waals surface area contributed by atoms with Crippen molar-refractivity contribution < 1.29 is 9.57 Å². The topological polar surface area (TPSA) is 30.8 Å². The molecule has 0 aromatic carbocycles. The molecule has 0 aromatic heterocycles. The minimum absolute atomic E-state index is 0.141. The van der Waals surface area contributed by atoms with Crippen molar-refractivity contribution >= 4 is 6.21 Å². The lowest BCUT2D eigenvalue weighted by Gasteiger charge is -2.22. The first-order valence-corrected chi connectivity index (χ1v) is 3.43. The Morgan fingerprint density at radius 1 is 1.60 bits per heavy atom. The highest BCUT2D eigenvalue weighted by atomic mass is 16.8. The van der Waals surface area contributed by atoms with Crippen molar-refractivity contribution in [2.24, 2.45) is 5.16 Å². The second-order valence-corrected chi connectivity index (χ2v) is 3.29. The van der Waals surface area contributed by atoms with Crippen molar-refractivity contribution in [3.8, 4) is 0 Å². The van der Waals surface area contributed by atoms with Crippen molar-refractivity contribution in [2.75, 3.05) is 0 Å². The van der Waals surface area contributed by atoms with Gasteiger partial charge in [0, 0.05) is 0 Å². The van der Waals surface area contributed by atoms with E-state index in [0.29, 0.717) is 0 Å². The van der Waals surface area contributed by atoms with E-state index in [-0.39, 0.29) is 11.9 Å². The second-order valence-electron chi connectivity index (χ2n) is 3.29. The molecule has 1 unspecified atom stereocenters. The van der Waals surface area contributed by atoms with Crippen molar-refractivity contribution in [2.45, 2.75) is 39.1 Å².